The summed E-state index contributed by atoms with van der Waals surface area (Å²) in [5, 5.41) is 138. The van der Waals surface area contributed by atoms with Gasteiger partial charge in [-0.3, -0.25) is 28.5 Å². The van der Waals surface area contributed by atoms with Crippen LogP contribution in [0.1, 0.15) is 45.4 Å². The molecule has 0 fully saturated rings. The third-order valence-electron chi connectivity index (χ3n) is 12.4. The van der Waals surface area contributed by atoms with Gasteiger partial charge in [0.2, 0.25) is 11.8 Å². The minimum Gasteiger partial charge on any atom is -0.390 e. The van der Waals surface area contributed by atoms with Gasteiger partial charge in [-0.2, -0.15) is 0 Å². The molecule has 0 radical (unpaired) electrons. The van der Waals surface area contributed by atoms with Gasteiger partial charge in [-0.15, -0.1) is 0 Å². The molecule has 45 heteroatoms. The van der Waals surface area contributed by atoms with E-state index in [0.29, 0.717) is 0 Å². The number of phosphoric ester groups is 3. The Morgan fingerprint density at radius 3 is 0.916 bits per heavy atom. The molecule has 0 aliphatic heterocycles. The Kier molecular flexibility index (Phi) is 53.9. The van der Waals surface area contributed by atoms with Gasteiger partial charge < -0.3 is 163 Å². The number of phosphoric acid groups is 3. The molecule has 13 atom stereocenters. The zero-order valence-electron chi connectivity index (χ0n) is 52.8. The van der Waals surface area contributed by atoms with Crippen molar-refractivity contribution >= 4 is 35.3 Å². The highest BCUT2D eigenvalue weighted by atomic mass is 31.2. The Morgan fingerprint density at radius 1 is 0.337 bits per heavy atom. The van der Waals surface area contributed by atoms with Crippen LogP contribution in [0.4, 0.5) is 0 Å². The molecule has 42 nitrogen and oxygen atoms in total. The summed E-state index contributed by atoms with van der Waals surface area (Å²) in [6, 6.07) is 0. The molecule has 0 heterocycles. The second-order valence-corrected chi connectivity index (χ2v) is 24.6. The first-order valence-corrected chi connectivity index (χ1v) is 34.5. The highest BCUT2D eigenvalue weighted by Gasteiger charge is 2.34. The van der Waals surface area contributed by atoms with Crippen LogP contribution < -0.4 is 16.0 Å². The van der Waals surface area contributed by atoms with E-state index in [4.69, 9.17) is 86.2 Å². The molecule has 0 saturated heterocycles. The van der Waals surface area contributed by atoms with Crippen LogP contribution >= 0.6 is 23.5 Å². The summed E-state index contributed by atoms with van der Waals surface area (Å²) in [5.41, 5.74) is -0.800. The van der Waals surface area contributed by atoms with Gasteiger partial charge in [-0.05, 0) is 19.3 Å². The van der Waals surface area contributed by atoms with Gasteiger partial charge in [-0.25, -0.2) is 13.7 Å². The molecule has 0 aromatic rings. The third-order valence-corrected chi connectivity index (χ3v) is 13.9. The van der Waals surface area contributed by atoms with Gasteiger partial charge in [0, 0.05) is 44.3 Å². The number of aliphatic hydroxyl groups excluding tert-OH is 13. The number of ether oxygens (including phenoxy) is 12. The maximum absolute atomic E-state index is 12.5. The second kappa shape index (κ2) is 54.9. The number of aliphatic hydroxyl groups is 13. The average Bonchev–Trinajstić information content (AvgIpc) is 1.10. The molecule has 0 aromatic heterocycles. The quantitative estimate of drug-likeness (QED) is 0.0153. The number of hydrogen-bond donors (Lipinski definition) is 22. The predicted octanol–water partition coefficient (Wildman–Crippen LogP) is -8.80. The summed E-state index contributed by atoms with van der Waals surface area (Å²) in [7, 11) is -14.4. The van der Waals surface area contributed by atoms with Gasteiger partial charge in [0.15, 0.2) is 18.9 Å². The predicted molar refractivity (Wildman–Crippen MR) is 317 cm³/mol. The lowest BCUT2D eigenvalue weighted by Gasteiger charge is -2.29. The standard InChI is InChI=1S/C50H104N3O39P3/c1-50(32-84-11-5-38(57)51-8-17-78-20-23-81-26-29-87-47(66)44(63)41(60)35(54)2-14-90-93(69,70)71,33-85-12-6-39(58)52-9-18-79-21-24-82-27-30-88-48(67)45(64)42(61)36(55)3-15-91-94(72,73)74)34-86-13-7-40(59)53-10-19-80-22-25-83-28-31-89-49(68)46(65)43(62)37(56)4-16-92-95(75,76)77/h35-38,41-49,51,54-57,60-68H,2-34H2,1H3,(H,52,58)(H,53,59)(H2,69,70,71)(H2,72,73,74)(H2,75,76,77). The molecule has 568 valence electrons. The summed E-state index contributed by atoms with van der Waals surface area (Å²) < 4.78 is 109. The monoisotopic (exact) mass is 1460 g/mol. The molecule has 0 bridgehead atoms. The van der Waals surface area contributed by atoms with Crippen molar-refractivity contribution in [3.05, 3.63) is 0 Å². The first kappa shape index (κ1) is 93.2. The lowest BCUT2D eigenvalue weighted by atomic mass is 9.94. The van der Waals surface area contributed by atoms with E-state index in [1.54, 1.807) is 6.92 Å². The maximum Gasteiger partial charge on any atom is 0.469 e. The first-order valence-electron chi connectivity index (χ1n) is 29.9. The number of nitrogens with one attached hydrogen (secondary N) is 3. The van der Waals surface area contributed by atoms with Crippen LogP contribution in [0.25, 0.3) is 0 Å². The highest BCUT2D eigenvalue weighted by Crippen LogP contribution is 2.37. The molecule has 0 aromatic carbocycles. The first-order chi connectivity index (χ1) is 44.7. The maximum atomic E-state index is 12.5. The number of amides is 2. The Balaban J connectivity index is 4.75. The van der Waals surface area contributed by atoms with Crippen molar-refractivity contribution in [1.82, 2.24) is 16.0 Å². The molecule has 0 spiro atoms. The Morgan fingerprint density at radius 2 is 0.611 bits per heavy atom. The van der Waals surface area contributed by atoms with Crippen LogP contribution in [0.15, 0.2) is 0 Å². The number of hydrogen-bond acceptors (Lipinski definition) is 34. The molecule has 0 aliphatic rings. The average molecular weight is 1460 g/mol. The van der Waals surface area contributed by atoms with Crippen molar-refractivity contribution in [3.8, 4) is 0 Å². The van der Waals surface area contributed by atoms with Crippen molar-refractivity contribution in [2.75, 3.05) is 178 Å². The summed E-state index contributed by atoms with van der Waals surface area (Å²) in [5.74, 6) is -0.682. The molecule has 0 aliphatic carbocycles. The number of carbonyl (C=O) groups excluding carboxylic acids is 2. The van der Waals surface area contributed by atoms with E-state index in [2.05, 4.69) is 29.5 Å². The minimum atomic E-state index is -4.81. The molecule has 0 rings (SSSR count). The van der Waals surface area contributed by atoms with E-state index in [9.17, 15) is 89.7 Å². The second-order valence-electron chi connectivity index (χ2n) is 20.9. The van der Waals surface area contributed by atoms with Crippen molar-refractivity contribution in [2.45, 2.75) is 125 Å². The van der Waals surface area contributed by atoms with Gasteiger partial charge in [0.25, 0.3) is 0 Å². The van der Waals surface area contributed by atoms with Gasteiger partial charge in [0.05, 0.1) is 177 Å². The highest BCUT2D eigenvalue weighted by molar-refractivity contribution is 7.46. The molecular formula is C50H104N3O39P3. The summed E-state index contributed by atoms with van der Waals surface area (Å²) in [6.45, 7) is 0.931. The topological polar surface area (TPSA) is 644 Å². The fourth-order valence-corrected chi connectivity index (χ4v) is 8.26. The van der Waals surface area contributed by atoms with Crippen LogP contribution in [-0.2, 0) is 93.7 Å². The molecule has 13 unspecified atom stereocenters. The van der Waals surface area contributed by atoms with E-state index in [0.717, 1.165) is 0 Å². The van der Waals surface area contributed by atoms with Crippen LogP contribution in [0.3, 0.4) is 0 Å². The van der Waals surface area contributed by atoms with Crippen molar-refractivity contribution in [1.29, 1.82) is 0 Å². The summed E-state index contributed by atoms with van der Waals surface area (Å²) >= 11 is 0. The van der Waals surface area contributed by atoms with Crippen molar-refractivity contribution < 1.29 is 189 Å². The van der Waals surface area contributed by atoms with E-state index in [-0.39, 0.29) is 189 Å². The number of rotatable bonds is 67. The SMILES string of the molecule is CC(COCCC(=O)NCCOCCOCCOC(O)C(O)C(O)C(O)CCOP(=O)(O)O)(COCCC(=O)NCCOCCOCCOC(O)C(O)C(O)C(O)CCOP(=O)(O)O)COCCC(O)NCCOCCOCCOC(O)C(O)C(O)C(O)CCOP(=O)(O)O. The van der Waals surface area contributed by atoms with Crippen molar-refractivity contribution in [2.24, 2.45) is 5.41 Å². The number of carbonyl (C=O) groups is 2. The van der Waals surface area contributed by atoms with E-state index in [1.807, 2.05) is 0 Å². The Labute approximate surface area is 548 Å². The molecular weight excluding hydrogens is 1360 g/mol. The fourth-order valence-electron chi connectivity index (χ4n) is 7.23. The third kappa shape index (κ3) is 53.7. The molecule has 95 heavy (non-hydrogen) atoms. The van der Waals surface area contributed by atoms with Crippen LogP contribution in [0.2, 0.25) is 0 Å². The van der Waals surface area contributed by atoms with Gasteiger partial charge >= 0.3 is 23.5 Å². The molecule has 22 N–H and O–H groups in total. The Bertz CT molecular complexity index is 1950. The van der Waals surface area contributed by atoms with Crippen molar-refractivity contribution in [3.63, 3.8) is 0 Å². The zero-order chi connectivity index (χ0) is 71.7. The fraction of sp³-hybridized carbons (Fsp3) is 0.960. The largest absolute Gasteiger partial charge is 0.469 e. The normalized spacial score (nSPS) is 17.4. The van der Waals surface area contributed by atoms with Crippen LogP contribution in [0.5, 0.6) is 0 Å². The zero-order valence-corrected chi connectivity index (χ0v) is 55.5. The summed E-state index contributed by atoms with van der Waals surface area (Å²) in [6.07, 6.45) is -24.8. The van der Waals surface area contributed by atoms with E-state index < -0.39 is 148 Å². The van der Waals surface area contributed by atoms with Crippen LogP contribution in [-0.4, -0.2) is 366 Å². The van der Waals surface area contributed by atoms with E-state index in [1.165, 1.54) is 0 Å². The lowest BCUT2D eigenvalue weighted by Crippen LogP contribution is -2.46. The smallest absolute Gasteiger partial charge is 0.390 e. The summed E-state index contributed by atoms with van der Waals surface area (Å²) in [4.78, 5) is 77.2. The van der Waals surface area contributed by atoms with E-state index >= 15 is 0 Å². The molecule has 0 saturated carbocycles. The van der Waals surface area contributed by atoms with Gasteiger partial charge in [0.1, 0.15) is 42.9 Å². The minimum absolute atomic E-state index is 0.00938. The Hall–Kier alpha value is -1.77. The van der Waals surface area contributed by atoms with Crippen LogP contribution in [0, 0.1) is 5.41 Å². The van der Waals surface area contributed by atoms with Gasteiger partial charge in [-0.1, -0.05) is 6.92 Å². The lowest BCUT2D eigenvalue weighted by molar-refractivity contribution is -0.207. The molecule has 2 amide bonds.